The minimum atomic E-state index is -0.341. The largest absolute Gasteiger partial charge is 0.494 e. The van der Waals surface area contributed by atoms with E-state index in [-0.39, 0.29) is 24.9 Å². The Morgan fingerprint density at radius 1 is 0.885 bits per heavy atom. The van der Waals surface area contributed by atoms with Crippen molar-refractivity contribution < 1.29 is 19.2 Å². The maximum absolute atomic E-state index is 8.80. The van der Waals surface area contributed by atoms with Gasteiger partial charge in [0.2, 0.25) is 0 Å². The second kappa shape index (κ2) is 7.59. The normalized spacial score (nSPS) is 18.4. The van der Waals surface area contributed by atoms with Crippen LogP contribution in [0.25, 0.3) is 10.8 Å². The average Bonchev–Trinajstić information content (AvgIpc) is 2.82. The summed E-state index contributed by atoms with van der Waals surface area (Å²) in [5, 5.41) is 11.1. The molecule has 0 bridgehead atoms. The fourth-order valence-electron chi connectivity index (χ4n) is 3.04. The van der Waals surface area contributed by atoms with Gasteiger partial charge in [-0.2, -0.15) is 0 Å². The van der Waals surface area contributed by atoms with Crippen molar-refractivity contribution in [1.29, 1.82) is 0 Å². The number of benzene rings is 2. The molecular weight excluding hydrogens is 327 g/mol. The summed E-state index contributed by atoms with van der Waals surface area (Å²) >= 11 is 0. The van der Waals surface area contributed by atoms with Gasteiger partial charge in [0.1, 0.15) is 5.75 Å². The molecule has 0 unspecified atom stereocenters. The highest BCUT2D eigenvalue weighted by molar-refractivity contribution is 6.62. The van der Waals surface area contributed by atoms with E-state index in [9.17, 15) is 0 Å². The smallest absolute Gasteiger partial charge is 0.494 e. The molecular formula is C21H29BO4. The van der Waals surface area contributed by atoms with Crippen LogP contribution in [-0.2, 0) is 9.31 Å². The van der Waals surface area contributed by atoms with Gasteiger partial charge in [-0.05, 0) is 75.3 Å². The van der Waals surface area contributed by atoms with Gasteiger partial charge in [-0.3, -0.25) is 0 Å². The van der Waals surface area contributed by atoms with E-state index in [1.165, 1.54) is 0 Å². The number of fused-ring (bicyclic) bond motifs is 1. The molecule has 0 atom stereocenters. The molecule has 0 amide bonds. The highest BCUT2D eigenvalue weighted by Crippen LogP contribution is 2.36. The fraction of sp³-hybridized carbons (Fsp3) is 0.524. The molecule has 26 heavy (non-hydrogen) atoms. The van der Waals surface area contributed by atoms with Gasteiger partial charge >= 0.3 is 7.12 Å². The molecule has 140 valence electrons. The Morgan fingerprint density at radius 2 is 1.54 bits per heavy atom. The fourth-order valence-corrected chi connectivity index (χ4v) is 3.04. The monoisotopic (exact) mass is 356 g/mol. The molecule has 0 aromatic heterocycles. The summed E-state index contributed by atoms with van der Waals surface area (Å²) < 4.78 is 18.1. The van der Waals surface area contributed by atoms with E-state index >= 15 is 0 Å². The van der Waals surface area contributed by atoms with Crippen LogP contribution in [0.1, 0.15) is 47.0 Å². The number of aliphatic hydroxyl groups is 1. The van der Waals surface area contributed by atoms with Crippen molar-refractivity contribution in [3.8, 4) is 5.75 Å². The van der Waals surface area contributed by atoms with E-state index in [0.29, 0.717) is 6.61 Å². The topological polar surface area (TPSA) is 47.9 Å². The first-order valence-electron chi connectivity index (χ1n) is 9.45. The Morgan fingerprint density at radius 3 is 2.23 bits per heavy atom. The first-order valence-corrected chi connectivity index (χ1v) is 9.45. The third-order valence-electron chi connectivity index (χ3n) is 5.43. The van der Waals surface area contributed by atoms with Crippen molar-refractivity contribution in [2.24, 2.45) is 0 Å². The Hall–Kier alpha value is -1.56. The molecule has 5 heteroatoms. The summed E-state index contributed by atoms with van der Waals surface area (Å²) in [6, 6.07) is 12.4. The molecule has 2 aromatic carbocycles. The molecule has 1 aliphatic heterocycles. The molecule has 4 nitrogen and oxygen atoms in total. The minimum absolute atomic E-state index is 0.251. The summed E-state index contributed by atoms with van der Waals surface area (Å²) in [5.41, 5.74) is 0.370. The maximum atomic E-state index is 8.80. The highest BCUT2D eigenvalue weighted by Gasteiger charge is 2.51. The van der Waals surface area contributed by atoms with Gasteiger partial charge in [0.25, 0.3) is 0 Å². The SMILES string of the molecule is CC1(C)OB(c2ccc3cc(OCCCCCO)ccc3c2)OC1(C)C. The van der Waals surface area contributed by atoms with Crippen molar-refractivity contribution in [3.63, 3.8) is 0 Å². The van der Waals surface area contributed by atoms with Crippen LogP contribution in [-0.4, -0.2) is 36.6 Å². The summed E-state index contributed by atoms with van der Waals surface area (Å²) in [6.07, 6.45) is 2.78. The number of ether oxygens (including phenoxy) is 1. The molecule has 3 rings (SSSR count). The highest BCUT2D eigenvalue weighted by atomic mass is 16.7. The van der Waals surface area contributed by atoms with Crippen LogP contribution in [0.2, 0.25) is 0 Å². The Kier molecular flexibility index (Phi) is 5.61. The molecule has 0 aliphatic carbocycles. The molecule has 2 aromatic rings. The molecule has 0 spiro atoms. The zero-order valence-corrected chi connectivity index (χ0v) is 16.2. The lowest BCUT2D eigenvalue weighted by Gasteiger charge is -2.32. The second-order valence-electron chi connectivity index (χ2n) is 7.99. The van der Waals surface area contributed by atoms with Crippen LogP contribution >= 0.6 is 0 Å². The van der Waals surface area contributed by atoms with Crippen molar-refractivity contribution in [2.45, 2.75) is 58.2 Å². The Labute approximate surface area is 156 Å². The third kappa shape index (κ3) is 4.06. The van der Waals surface area contributed by atoms with E-state index in [2.05, 4.69) is 58.0 Å². The van der Waals surface area contributed by atoms with Crippen LogP contribution < -0.4 is 10.2 Å². The van der Waals surface area contributed by atoms with Crippen LogP contribution in [0.4, 0.5) is 0 Å². The Bertz CT molecular complexity index is 741. The van der Waals surface area contributed by atoms with Crippen LogP contribution in [0, 0.1) is 0 Å². The van der Waals surface area contributed by atoms with Gasteiger partial charge < -0.3 is 19.2 Å². The maximum Gasteiger partial charge on any atom is 0.494 e. The van der Waals surface area contributed by atoms with E-state index in [1.807, 2.05) is 6.07 Å². The predicted molar refractivity (Wildman–Crippen MR) is 106 cm³/mol. The van der Waals surface area contributed by atoms with Gasteiger partial charge in [-0.25, -0.2) is 0 Å². The van der Waals surface area contributed by atoms with Crippen LogP contribution in [0.3, 0.4) is 0 Å². The summed E-state index contributed by atoms with van der Waals surface area (Å²) in [7, 11) is -0.341. The summed E-state index contributed by atoms with van der Waals surface area (Å²) in [6.45, 7) is 9.20. The van der Waals surface area contributed by atoms with E-state index in [1.54, 1.807) is 0 Å². The molecule has 1 aliphatic rings. The first-order chi connectivity index (χ1) is 12.3. The van der Waals surface area contributed by atoms with E-state index in [4.69, 9.17) is 19.2 Å². The number of hydrogen-bond acceptors (Lipinski definition) is 4. The number of aliphatic hydroxyl groups excluding tert-OH is 1. The van der Waals surface area contributed by atoms with Gasteiger partial charge in [0, 0.05) is 6.61 Å². The lowest BCUT2D eigenvalue weighted by Crippen LogP contribution is -2.41. The molecule has 0 saturated carbocycles. The lowest BCUT2D eigenvalue weighted by molar-refractivity contribution is 0.00578. The molecule has 1 N–H and O–H groups in total. The van der Waals surface area contributed by atoms with Gasteiger partial charge in [-0.1, -0.05) is 24.3 Å². The van der Waals surface area contributed by atoms with E-state index in [0.717, 1.165) is 41.2 Å². The number of unbranched alkanes of at least 4 members (excludes halogenated alkanes) is 2. The predicted octanol–water partition coefficient (Wildman–Crippen LogP) is 3.68. The second-order valence-corrected chi connectivity index (χ2v) is 7.99. The lowest BCUT2D eigenvalue weighted by atomic mass is 9.78. The van der Waals surface area contributed by atoms with Gasteiger partial charge in [-0.15, -0.1) is 0 Å². The molecule has 1 heterocycles. The summed E-state index contributed by atoms with van der Waals surface area (Å²) in [5.74, 6) is 0.880. The van der Waals surface area contributed by atoms with E-state index < -0.39 is 0 Å². The zero-order chi connectivity index (χ0) is 18.8. The van der Waals surface area contributed by atoms with Crippen molar-refractivity contribution in [3.05, 3.63) is 36.4 Å². The van der Waals surface area contributed by atoms with Gasteiger partial charge in [0.05, 0.1) is 17.8 Å². The minimum Gasteiger partial charge on any atom is -0.494 e. The first kappa shape index (κ1) is 19.2. The molecule has 1 saturated heterocycles. The van der Waals surface area contributed by atoms with Crippen LogP contribution in [0.15, 0.2) is 36.4 Å². The van der Waals surface area contributed by atoms with Crippen LogP contribution in [0.5, 0.6) is 5.75 Å². The Balaban J connectivity index is 1.69. The number of hydrogen-bond donors (Lipinski definition) is 1. The third-order valence-corrected chi connectivity index (χ3v) is 5.43. The van der Waals surface area contributed by atoms with Crippen molar-refractivity contribution in [2.75, 3.05) is 13.2 Å². The molecule has 1 fully saturated rings. The number of rotatable bonds is 7. The standard InChI is InChI=1S/C21H29BO4/c1-20(2)21(3,4)26-22(25-20)18-10-8-17-15-19(11-9-16(17)14-18)24-13-7-5-6-12-23/h8-11,14-15,23H,5-7,12-13H2,1-4H3. The zero-order valence-electron chi connectivity index (χ0n) is 16.2. The summed E-state index contributed by atoms with van der Waals surface area (Å²) in [4.78, 5) is 0. The van der Waals surface area contributed by atoms with Gasteiger partial charge in [0.15, 0.2) is 0 Å². The van der Waals surface area contributed by atoms with Crippen molar-refractivity contribution in [1.82, 2.24) is 0 Å². The van der Waals surface area contributed by atoms with Crippen molar-refractivity contribution >= 4 is 23.4 Å². The quantitative estimate of drug-likeness (QED) is 0.607. The molecule has 0 radical (unpaired) electrons. The average molecular weight is 356 g/mol.